The van der Waals surface area contributed by atoms with Crippen molar-refractivity contribution in [1.29, 1.82) is 0 Å². The first-order valence-electron chi connectivity index (χ1n) is 5.72. The molecule has 1 rings (SSSR count). The van der Waals surface area contributed by atoms with Gasteiger partial charge in [0.1, 0.15) is 12.2 Å². The Hall–Kier alpha value is -1.31. The fourth-order valence-electron chi connectivity index (χ4n) is 1.99. The molecule has 0 bridgehead atoms. The third-order valence-corrected chi connectivity index (χ3v) is 2.90. The van der Waals surface area contributed by atoms with Crippen LogP contribution in [-0.2, 0) is 33.2 Å². The van der Waals surface area contributed by atoms with Crippen LogP contribution in [0.15, 0.2) is 11.5 Å². The highest BCUT2D eigenvalue weighted by atomic mass is 16.6. The van der Waals surface area contributed by atoms with Gasteiger partial charge in [0.25, 0.3) is 0 Å². The first kappa shape index (κ1) is 15.7. The second kappa shape index (κ2) is 7.32. The van der Waals surface area contributed by atoms with E-state index in [0.717, 1.165) is 0 Å². The second-order valence-electron chi connectivity index (χ2n) is 3.86. The smallest absolute Gasteiger partial charge is 0.378 e. The van der Waals surface area contributed by atoms with Crippen LogP contribution in [0.1, 0.15) is 0 Å². The first-order valence-corrected chi connectivity index (χ1v) is 5.72. The van der Waals surface area contributed by atoms with Crippen LogP contribution >= 0.6 is 0 Å². The second-order valence-corrected chi connectivity index (χ2v) is 3.86. The van der Waals surface area contributed by atoms with Crippen molar-refractivity contribution in [3.8, 4) is 0 Å². The highest BCUT2D eigenvalue weighted by molar-refractivity contribution is 5.89. The van der Waals surface area contributed by atoms with Crippen LogP contribution in [0.5, 0.6) is 0 Å². The van der Waals surface area contributed by atoms with Gasteiger partial charge in [0.05, 0.1) is 20.8 Å². The number of carbonyl (C=O) groups excluding carboxylic acids is 1. The summed E-state index contributed by atoms with van der Waals surface area (Å²) in [5.41, 5.74) is 0. The van der Waals surface area contributed by atoms with Crippen LogP contribution in [0.25, 0.3) is 0 Å². The maximum atomic E-state index is 11.7. The molecule has 0 spiro atoms. The van der Waals surface area contributed by atoms with Gasteiger partial charge in [-0.1, -0.05) is 0 Å². The van der Waals surface area contributed by atoms with E-state index in [1.165, 1.54) is 28.4 Å². The predicted molar refractivity (Wildman–Crippen MR) is 64.4 cm³/mol. The van der Waals surface area contributed by atoms with E-state index in [1.807, 2.05) is 0 Å². The van der Waals surface area contributed by atoms with Crippen molar-refractivity contribution in [3.05, 3.63) is 11.5 Å². The van der Waals surface area contributed by atoms with Crippen LogP contribution in [0.3, 0.4) is 0 Å². The van der Waals surface area contributed by atoms with E-state index in [0.29, 0.717) is 6.61 Å². The first-order chi connectivity index (χ1) is 9.14. The Morgan fingerprint density at radius 3 is 2.21 bits per heavy atom. The van der Waals surface area contributed by atoms with Crippen molar-refractivity contribution in [2.24, 2.45) is 0 Å². The lowest BCUT2D eigenvalue weighted by Gasteiger charge is -2.28. The van der Waals surface area contributed by atoms with Crippen molar-refractivity contribution in [2.45, 2.75) is 18.3 Å². The minimum atomic E-state index is -0.724. The average molecular weight is 276 g/mol. The fraction of sp³-hybridized carbons (Fsp3) is 0.750. The number of esters is 1. The SMILES string of the molecule is COC[C@@H](OC)[C@@H](OC)[C@@H]1OC(=O)C(OC)=C1OC. The molecule has 1 aliphatic rings. The number of ether oxygens (including phenoxy) is 6. The number of rotatable bonds is 8. The minimum Gasteiger partial charge on any atom is -0.493 e. The normalized spacial score (nSPS) is 22.2. The summed E-state index contributed by atoms with van der Waals surface area (Å²) in [5.74, 6) is -0.252. The number of cyclic esters (lactones) is 1. The summed E-state index contributed by atoms with van der Waals surface area (Å²) in [4.78, 5) is 11.7. The van der Waals surface area contributed by atoms with Gasteiger partial charge >= 0.3 is 5.97 Å². The van der Waals surface area contributed by atoms with Gasteiger partial charge in [-0.3, -0.25) is 0 Å². The molecular weight excluding hydrogens is 256 g/mol. The number of hydrogen-bond donors (Lipinski definition) is 0. The van der Waals surface area contributed by atoms with E-state index in [1.54, 1.807) is 7.11 Å². The summed E-state index contributed by atoms with van der Waals surface area (Å²) >= 11 is 0. The molecule has 0 amide bonds. The van der Waals surface area contributed by atoms with Crippen molar-refractivity contribution < 1.29 is 33.2 Å². The zero-order valence-corrected chi connectivity index (χ0v) is 11.8. The molecule has 110 valence electrons. The van der Waals surface area contributed by atoms with Gasteiger partial charge in [-0.25, -0.2) is 4.79 Å². The fourth-order valence-corrected chi connectivity index (χ4v) is 1.99. The molecule has 3 atom stereocenters. The predicted octanol–water partition coefficient (Wildman–Crippen LogP) is 0.0926. The lowest BCUT2D eigenvalue weighted by atomic mass is 10.1. The maximum absolute atomic E-state index is 11.7. The molecule has 0 unspecified atom stereocenters. The van der Waals surface area contributed by atoms with Crippen molar-refractivity contribution in [2.75, 3.05) is 42.2 Å². The topological polar surface area (TPSA) is 72.5 Å². The Morgan fingerprint density at radius 1 is 1.11 bits per heavy atom. The Morgan fingerprint density at radius 2 is 1.79 bits per heavy atom. The van der Waals surface area contributed by atoms with Crippen molar-refractivity contribution >= 4 is 5.97 Å². The summed E-state index contributed by atoms with van der Waals surface area (Å²) in [5, 5.41) is 0. The molecule has 0 aromatic rings. The van der Waals surface area contributed by atoms with Crippen LogP contribution in [0.4, 0.5) is 0 Å². The molecule has 0 fully saturated rings. The van der Waals surface area contributed by atoms with Crippen molar-refractivity contribution in [1.82, 2.24) is 0 Å². The van der Waals surface area contributed by atoms with E-state index >= 15 is 0 Å². The molecule has 0 aromatic heterocycles. The van der Waals surface area contributed by atoms with Gasteiger partial charge in [0.15, 0.2) is 11.9 Å². The number of hydrogen-bond acceptors (Lipinski definition) is 7. The maximum Gasteiger partial charge on any atom is 0.378 e. The molecule has 0 aliphatic carbocycles. The lowest BCUT2D eigenvalue weighted by Crippen LogP contribution is -2.44. The van der Waals surface area contributed by atoms with Gasteiger partial charge in [0.2, 0.25) is 5.76 Å². The van der Waals surface area contributed by atoms with Crippen LogP contribution < -0.4 is 0 Å². The van der Waals surface area contributed by atoms with Gasteiger partial charge in [0, 0.05) is 21.3 Å². The Labute approximate surface area is 112 Å². The monoisotopic (exact) mass is 276 g/mol. The molecule has 7 nitrogen and oxygen atoms in total. The Balaban J connectivity index is 2.98. The Kier molecular flexibility index (Phi) is 6.07. The quantitative estimate of drug-likeness (QED) is 0.582. The van der Waals surface area contributed by atoms with Gasteiger partial charge < -0.3 is 28.4 Å². The molecule has 1 aliphatic heterocycles. The van der Waals surface area contributed by atoms with Crippen molar-refractivity contribution in [3.63, 3.8) is 0 Å². The van der Waals surface area contributed by atoms with Gasteiger partial charge in [-0.15, -0.1) is 0 Å². The van der Waals surface area contributed by atoms with Gasteiger partial charge in [-0.2, -0.15) is 0 Å². The van der Waals surface area contributed by atoms with E-state index in [4.69, 9.17) is 28.4 Å². The van der Waals surface area contributed by atoms with Crippen LogP contribution in [0.2, 0.25) is 0 Å². The average Bonchev–Trinajstić information content (AvgIpc) is 2.74. The molecule has 0 radical (unpaired) electrons. The van der Waals surface area contributed by atoms with Gasteiger partial charge in [-0.05, 0) is 0 Å². The third-order valence-electron chi connectivity index (χ3n) is 2.90. The molecular formula is C12H20O7. The van der Waals surface area contributed by atoms with E-state index in [-0.39, 0.29) is 11.5 Å². The molecule has 7 heteroatoms. The molecule has 0 N–H and O–H groups in total. The molecule has 1 heterocycles. The summed E-state index contributed by atoms with van der Waals surface area (Å²) in [6, 6.07) is 0. The lowest BCUT2D eigenvalue weighted by molar-refractivity contribution is -0.157. The largest absolute Gasteiger partial charge is 0.493 e. The summed E-state index contributed by atoms with van der Waals surface area (Å²) in [7, 11) is 7.39. The van der Waals surface area contributed by atoms with E-state index < -0.39 is 24.3 Å². The van der Waals surface area contributed by atoms with E-state index in [2.05, 4.69) is 0 Å². The number of methoxy groups -OCH3 is 5. The summed E-state index contributed by atoms with van der Waals surface area (Å²) in [6.45, 7) is 0.294. The van der Waals surface area contributed by atoms with E-state index in [9.17, 15) is 4.79 Å². The third kappa shape index (κ3) is 3.17. The highest BCUT2D eigenvalue weighted by Gasteiger charge is 2.45. The Bertz CT molecular complexity index is 339. The van der Waals surface area contributed by atoms with Crippen LogP contribution in [0, 0.1) is 0 Å². The molecule has 0 saturated carbocycles. The molecule has 19 heavy (non-hydrogen) atoms. The highest BCUT2D eigenvalue weighted by Crippen LogP contribution is 2.29. The summed E-state index contributed by atoms with van der Waals surface area (Å²) < 4.78 is 31.1. The standard InChI is InChI=1S/C12H20O7/c1-14-6-7(15-2)8(16-3)10-9(17-4)11(18-5)12(13)19-10/h7-8,10H,6H2,1-5H3/t7-,8-,10+/m1/s1. The number of carbonyl (C=O) groups is 1. The molecule has 0 saturated heterocycles. The molecule has 0 aromatic carbocycles. The summed E-state index contributed by atoms with van der Waals surface area (Å²) in [6.07, 6.45) is -1.69. The zero-order chi connectivity index (χ0) is 14.4. The minimum absolute atomic E-state index is 0.0434. The van der Waals surface area contributed by atoms with Crippen LogP contribution in [-0.4, -0.2) is 66.4 Å². The zero-order valence-electron chi connectivity index (χ0n) is 11.8.